The molecular formula is C17H19N3O3. The van der Waals surface area contributed by atoms with Crippen molar-refractivity contribution in [3.8, 4) is 5.88 Å². The van der Waals surface area contributed by atoms with Crippen molar-refractivity contribution in [2.24, 2.45) is 0 Å². The van der Waals surface area contributed by atoms with Crippen LogP contribution in [0.4, 0.5) is 5.69 Å². The Labute approximate surface area is 134 Å². The SMILES string of the molecule is COc1ccc(NCC(C)=Cc2ccc(C(=O)NO)cc2)cn1. The molecule has 120 valence electrons. The van der Waals surface area contributed by atoms with Crippen molar-refractivity contribution in [1.82, 2.24) is 10.5 Å². The summed E-state index contributed by atoms with van der Waals surface area (Å²) in [6, 6.07) is 10.7. The highest BCUT2D eigenvalue weighted by molar-refractivity contribution is 5.93. The Morgan fingerprint density at radius 3 is 2.57 bits per heavy atom. The number of aromatic nitrogens is 1. The fourth-order valence-corrected chi connectivity index (χ4v) is 1.98. The number of hydrogen-bond acceptors (Lipinski definition) is 5. The summed E-state index contributed by atoms with van der Waals surface area (Å²) in [7, 11) is 1.58. The quantitative estimate of drug-likeness (QED) is 0.564. The van der Waals surface area contributed by atoms with Crippen LogP contribution in [0.15, 0.2) is 48.2 Å². The zero-order chi connectivity index (χ0) is 16.7. The summed E-state index contributed by atoms with van der Waals surface area (Å²) in [5.41, 5.74) is 5.03. The topological polar surface area (TPSA) is 83.5 Å². The summed E-state index contributed by atoms with van der Waals surface area (Å²) >= 11 is 0. The highest BCUT2D eigenvalue weighted by Gasteiger charge is 2.02. The van der Waals surface area contributed by atoms with E-state index >= 15 is 0 Å². The van der Waals surface area contributed by atoms with Gasteiger partial charge in [0, 0.05) is 18.2 Å². The van der Waals surface area contributed by atoms with Crippen LogP contribution in [-0.2, 0) is 0 Å². The van der Waals surface area contributed by atoms with E-state index in [0.29, 0.717) is 18.0 Å². The molecule has 1 heterocycles. The molecule has 0 radical (unpaired) electrons. The Hall–Kier alpha value is -2.86. The zero-order valence-electron chi connectivity index (χ0n) is 13.0. The summed E-state index contributed by atoms with van der Waals surface area (Å²) in [6.07, 6.45) is 3.74. The average molecular weight is 313 g/mol. The number of benzene rings is 1. The van der Waals surface area contributed by atoms with Gasteiger partial charge >= 0.3 is 0 Å². The van der Waals surface area contributed by atoms with Crippen LogP contribution in [0.25, 0.3) is 6.08 Å². The van der Waals surface area contributed by atoms with Gasteiger partial charge in [0.2, 0.25) is 5.88 Å². The number of methoxy groups -OCH3 is 1. The predicted molar refractivity (Wildman–Crippen MR) is 88.6 cm³/mol. The Morgan fingerprint density at radius 1 is 1.26 bits per heavy atom. The molecule has 0 aliphatic carbocycles. The van der Waals surface area contributed by atoms with Crippen molar-refractivity contribution >= 4 is 17.7 Å². The van der Waals surface area contributed by atoms with E-state index in [0.717, 1.165) is 16.8 Å². The van der Waals surface area contributed by atoms with Crippen molar-refractivity contribution in [3.05, 3.63) is 59.3 Å². The molecule has 0 atom stereocenters. The number of nitrogens with one attached hydrogen (secondary N) is 2. The van der Waals surface area contributed by atoms with E-state index in [1.54, 1.807) is 37.0 Å². The minimum atomic E-state index is -0.522. The van der Waals surface area contributed by atoms with Crippen LogP contribution in [0.1, 0.15) is 22.8 Å². The molecular weight excluding hydrogens is 294 g/mol. The van der Waals surface area contributed by atoms with Crippen LogP contribution in [0.5, 0.6) is 5.88 Å². The molecule has 0 saturated carbocycles. The first-order chi connectivity index (χ1) is 11.1. The minimum absolute atomic E-state index is 0.407. The second-order valence-electron chi connectivity index (χ2n) is 5.00. The van der Waals surface area contributed by atoms with Crippen molar-refractivity contribution < 1.29 is 14.7 Å². The normalized spacial score (nSPS) is 11.0. The maximum atomic E-state index is 11.3. The molecule has 2 aromatic rings. The first-order valence-electron chi connectivity index (χ1n) is 7.08. The van der Waals surface area contributed by atoms with E-state index < -0.39 is 5.91 Å². The number of ether oxygens (including phenoxy) is 1. The summed E-state index contributed by atoms with van der Waals surface area (Å²) in [4.78, 5) is 15.4. The van der Waals surface area contributed by atoms with Gasteiger partial charge in [-0.3, -0.25) is 10.0 Å². The van der Waals surface area contributed by atoms with Gasteiger partial charge in [0.25, 0.3) is 5.91 Å². The molecule has 23 heavy (non-hydrogen) atoms. The summed E-state index contributed by atoms with van der Waals surface area (Å²) in [5, 5.41) is 11.9. The van der Waals surface area contributed by atoms with Gasteiger partial charge < -0.3 is 10.1 Å². The van der Waals surface area contributed by atoms with E-state index in [1.807, 2.05) is 31.2 Å². The molecule has 0 fully saturated rings. The Balaban J connectivity index is 1.95. The van der Waals surface area contributed by atoms with Crippen LogP contribution in [0.3, 0.4) is 0 Å². The molecule has 1 aromatic carbocycles. The number of hydrogen-bond donors (Lipinski definition) is 3. The predicted octanol–water partition coefficient (Wildman–Crippen LogP) is 2.72. The number of hydroxylamine groups is 1. The van der Waals surface area contributed by atoms with Gasteiger partial charge in [-0.05, 0) is 30.7 Å². The first kappa shape index (κ1) is 16.5. The maximum Gasteiger partial charge on any atom is 0.274 e. The van der Waals surface area contributed by atoms with Crippen LogP contribution in [-0.4, -0.2) is 29.8 Å². The van der Waals surface area contributed by atoms with Gasteiger partial charge in [-0.2, -0.15) is 0 Å². The monoisotopic (exact) mass is 313 g/mol. The lowest BCUT2D eigenvalue weighted by molar-refractivity contribution is 0.0706. The highest BCUT2D eigenvalue weighted by Crippen LogP contribution is 2.13. The molecule has 6 nitrogen and oxygen atoms in total. The lowest BCUT2D eigenvalue weighted by Gasteiger charge is -2.07. The second-order valence-corrected chi connectivity index (χ2v) is 5.00. The van der Waals surface area contributed by atoms with E-state index in [1.165, 1.54) is 0 Å². The van der Waals surface area contributed by atoms with Gasteiger partial charge in [-0.15, -0.1) is 0 Å². The lowest BCUT2D eigenvalue weighted by atomic mass is 10.1. The van der Waals surface area contributed by atoms with Gasteiger partial charge in [0.15, 0.2) is 0 Å². The standard InChI is InChI=1S/C17H19N3O3/c1-12(10-18-15-7-8-16(23-2)19-11-15)9-13-3-5-14(6-4-13)17(21)20-22/h3-9,11,18,22H,10H2,1-2H3,(H,20,21). The molecule has 0 unspecified atom stereocenters. The van der Waals surface area contributed by atoms with Crippen LogP contribution >= 0.6 is 0 Å². The second kappa shape index (κ2) is 7.95. The number of amides is 1. The number of anilines is 1. The van der Waals surface area contributed by atoms with Crippen LogP contribution < -0.4 is 15.5 Å². The number of carbonyl (C=O) groups is 1. The highest BCUT2D eigenvalue weighted by atomic mass is 16.5. The van der Waals surface area contributed by atoms with Gasteiger partial charge in [-0.25, -0.2) is 10.5 Å². The Morgan fingerprint density at radius 2 is 2.00 bits per heavy atom. The fourth-order valence-electron chi connectivity index (χ4n) is 1.98. The molecule has 3 N–H and O–H groups in total. The summed E-state index contributed by atoms with van der Waals surface area (Å²) < 4.78 is 5.01. The molecule has 0 aliphatic heterocycles. The fraction of sp³-hybridized carbons (Fsp3) is 0.176. The number of pyridine rings is 1. The van der Waals surface area contributed by atoms with E-state index in [-0.39, 0.29) is 0 Å². The third-order valence-electron chi connectivity index (χ3n) is 3.20. The largest absolute Gasteiger partial charge is 0.481 e. The Bertz CT molecular complexity index is 679. The Kier molecular flexibility index (Phi) is 5.71. The smallest absolute Gasteiger partial charge is 0.274 e. The summed E-state index contributed by atoms with van der Waals surface area (Å²) in [5.74, 6) is 0.0562. The van der Waals surface area contributed by atoms with E-state index in [2.05, 4.69) is 10.3 Å². The van der Waals surface area contributed by atoms with Crippen molar-refractivity contribution in [1.29, 1.82) is 0 Å². The number of rotatable bonds is 6. The minimum Gasteiger partial charge on any atom is -0.481 e. The molecule has 0 aliphatic rings. The number of nitrogens with zero attached hydrogens (tertiary/aromatic N) is 1. The third kappa shape index (κ3) is 4.82. The lowest BCUT2D eigenvalue weighted by Crippen LogP contribution is -2.18. The summed E-state index contributed by atoms with van der Waals surface area (Å²) in [6.45, 7) is 2.69. The van der Waals surface area contributed by atoms with E-state index in [9.17, 15) is 4.79 Å². The average Bonchev–Trinajstić information content (AvgIpc) is 2.60. The zero-order valence-corrected chi connectivity index (χ0v) is 13.0. The van der Waals surface area contributed by atoms with Crippen molar-refractivity contribution in [2.75, 3.05) is 19.0 Å². The molecule has 0 saturated heterocycles. The third-order valence-corrected chi connectivity index (χ3v) is 3.20. The number of carbonyl (C=O) groups excluding carboxylic acids is 1. The van der Waals surface area contributed by atoms with Gasteiger partial charge in [-0.1, -0.05) is 23.8 Å². The molecule has 1 amide bonds. The van der Waals surface area contributed by atoms with Crippen LogP contribution in [0.2, 0.25) is 0 Å². The van der Waals surface area contributed by atoms with Crippen LogP contribution in [0, 0.1) is 0 Å². The molecule has 6 heteroatoms. The van der Waals surface area contributed by atoms with Crippen molar-refractivity contribution in [3.63, 3.8) is 0 Å². The maximum absolute atomic E-state index is 11.3. The van der Waals surface area contributed by atoms with E-state index in [4.69, 9.17) is 9.94 Å². The molecule has 0 spiro atoms. The van der Waals surface area contributed by atoms with Gasteiger partial charge in [0.05, 0.1) is 19.0 Å². The molecule has 0 bridgehead atoms. The van der Waals surface area contributed by atoms with Gasteiger partial charge in [0.1, 0.15) is 0 Å². The first-order valence-corrected chi connectivity index (χ1v) is 7.08. The molecule has 2 rings (SSSR count). The molecule has 1 aromatic heterocycles. The van der Waals surface area contributed by atoms with Crippen molar-refractivity contribution in [2.45, 2.75) is 6.92 Å².